The van der Waals surface area contributed by atoms with Crippen LogP contribution in [0.3, 0.4) is 0 Å². The van der Waals surface area contributed by atoms with Gasteiger partial charge in [0.1, 0.15) is 6.07 Å². The van der Waals surface area contributed by atoms with Gasteiger partial charge in [0.2, 0.25) is 4.21 Å². The summed E-state index contributed by atoms with van der Waals surface area (Å²) in [7, 11) is 12.0. The van der Waals surface area contributed by atoms with Crippen LogP contribution in [0.15, 0.2) is 23.1 Å². The minimum Gasteiger partial charge on any atom is -0.253 e. The molecule has 0 aliphatic carbocycles. The molecule has 0 saturated heterocycles. The summed E-state index contributed by atoms with van der Waals surface area (Å²) in [6.45, 7) is 4.29. The van der Waals surface area contributed by atoms with Crippen LogP contribution in [0, 0.1) is 11.3 Å². The highest BCUT2D eigenvalue weighted by molar-refractivity contribution is 8.26. The van der Waals surface area contributed by atoms with Gasteiger partial charge in [-0.2, -0.15) is 5.26 Å². The van der Waals surface area contributed by atoms with Crippen LogP contribution in [-0.4, -0.2) is 9.29 Å². The molecule has 0 aliphatic heterocycles. The van der Waals surface area contributed by atoms with E-state index in [9.17, 15) is 9.47 Å². The number of hydrogen-bond acceptors (Lipinski definition) is 4. The Morgan fingerprint density at radius 1 is 1.29 bits per heavy atom. The van der Waals surface area contributed by atoms with Gasteiger partial charge >= 0.3 is 0 Å². The first-order chi connectivity index (χ1) is 11.5. The molecule has 0 bridgehead atoms. The van der Waals surface area contributed by atoms with Crippen LogP contribution >= 0.6 is 54.9 Å². The summed E-state index contributed by atoms with van der Waals surface area (Å²) in [4.78, 5) is 0.707. The summed E-state index contributed by atoms with van der Waals surface area (Å²) in [5.74, 6) is 0.337. The fourth-order valence-electron chi connectivity index (χ4n) is 2.65. The molecule has 0 radical (unpaired) electrons. The number of rotatable bonds is 10. The van der Waals surface area contributed by atoms with Gasteiger partial charge in [0.15, 0.2) is 0 Å². The van der Waals surface area contributed by atoms with E-state index in [1.54, 1.807) is 6.07 Å². The van der Waals surface area contributed by atoms with Gasteiger partial charge in [-0.1, -0.05) is 50.4 Å². The molecule has 0 aromatic heterocycles. The summed E-state index contributed by atoms with van der Waals surface area (Å²) >= 11 is 6.28. The van der Waals surface area contributed by atoms with Crippen LogP contribution in [0.4, 0.5) is 0 Å². The highest BCUT2D eigenvalue weighted by Crippen LogP contribution is 2.44. The first-order valence-electron chi connectivity index (χ1n) is 7.63. The number of nitrogens with zero attached hydrogens (tertiary/aromatic N) is 1. The highest BCUT2D eigenvalue weighted by Gasteiger charge is 2.32. The summed E-state index contributed by atoms with van der Waals surface area (Å²) in [5, 5.41) is 9.62. The van der Waals surface area contributed by atoms with E-state index in [2.05, 4.69) is 13.8 Å². The van der Waals surface area contributed by atoms with E-state index in [-0.39, 0.29) is 0 Å². The molecule has 0 aliphatic rings. The van der Waals surface area contributed by atoms with E-state index in [0.717, 1.165) is 53.2 Å². The van der Waals surface area contributed by atoms with E-state index in [0.29, 0.717) is 21.5 Å². The lowest BCUT2D eigenvalue weighted by molar-refractivity contribution is 0.552. The van der Waals surface area contributed by atoms with E-state index in [1.807, 2.05) is 18.2 Å². The molecular weight excluding hydrogens is 425 g/mol. The molecule has 2 atom stereocenters. The van der Waals surface area contributed by atoms with Crippen LogP contribution in [0.2, 0.25) is 0 Å². The molecule has 134 valence electrons. The molecule has 0 amide bonds. The van der Waals surface area contributed by atoms with Crippen LogP contribution in [0.5, 0.6) is 0 Å². The molecule has 2 unspecified atom stereocenters. The Morgan fingerprint density at radius 2 is 1.92 bits per heavy atom. The Balaban J connectivity index is 3.43. The van der Waals surface area contributed by atoms with Crippen LogP contribution in [0.1, 0.15) is 56.6 Å². The van der Waals surface area contributed by atoms with E-state index >= 15 is 0 Å². The average molecular weight is 445 g/mol. The number of alkyl halides is 1. The summed E-state index contributed by atoms with van der Waals surface area (Å²) < 4.78 is 11.3. The van der Waals surface area contributed by atoms with Crippen molar-refractivity contribution >= 4 is 65.7 Å². The number of hydrogen-bond donors (Lipinski definition) is 0. The van der Waals surface area contributed by atoms with Crippen LogP contribution in [0.25, 0.3) is 0 Å². The Kier molecular flexibility index (Phi) is 10.5. The summed E-state index contributed by atoms with van der Waals surface area (Å²) in [6, 6.07) is 7.52. The van der Waals surface area contributed by atoms with Crippen molar-refractivity contribution in [3.05, 3.63) is 29.3 Å². The lowest BCUT2D eigenvalue weighted by Gasteiger charge is -2.22. The number of benzene rings is 1. The zero-order chi connectivity index (χ0) is 18.2. The lowest BCUT2D eigenvalue weighted by Crippen LogP contribution is -2.12. The predicted octanol–water partition coefficient (Wildman–Crippen LogP) is 7.12. The van der Waals surface area contributed by atoms with Crippen LogP contribution in [-0.2, 0) is 15.0 Å². The Bertz CT molecular complexity index is 603. The van der Waals surface area contributed by atoms with Crippen molar-refractivity contribution in [2.45, 2.75) is 54.6 Å². The summed E-state index contributed by atoms with van der Waals surface area (Å²) in [6.07, 6.45) is 4.16. The molecule has 1 aromatic rings. The second-order valence-electron chi connectivity index (χ2n) is 5.38. The molecular formula is C16H20Cl3NOS3. The fraction of sp³-hybridized carbons (Fsp3) is 0.562. The molecule has 24 heavy (non-hydrogen) atoms. The van der Waals surface area contributed by atoms with Gasteiger partial charge in [-0.3, -0.25) is 4.21 Å². The normalized spacial score (nSPS) is 15.0. The maximum atomic E-state index is 12.7. The molecule has 2 nitrogen and oxygen atoms in total. The largest absolute Gasteiger partial charge is 0.253 e. The van der Waals surface area contributed by atoms with Gasteiger partial charge in [-0.25, -0.2) is 0 Å². The minimum absolute atomic E-state index is 0.291. The number of nitriles is 1. The van der Waals surface area contributed by atoms with Crippen molar-refractivity contribution in [1.82, 2.24) is 0 Å². The van der Waals surface area contributed by atoms with Gasteiger partial charge in [0.05, 0.1) is 15.9 Å². The third-order valence-electron chi connectivity index (χ3n) is 3.75. The average Bonchev–Trinajstić information content (AvgIpc) is 2.60. The Morgan fingerprint density at radius 3 is 2.38 bits per heavy atom. The van der Waals surface area contributed by atoms with Crippen molar-refractivity contribution < 1.29 is 4.21 Å². The van der Waals surface area contributed by atoms with Gasteiger partial charge in [-0.15, -0.1) is 0 Å². The predicted molar refractivity (Wildman–Crippen MR) is 110 cm³/mol. The van der Waals surface area contributed by atoms with E-state index < -0.39 is 15.0 Å². The Hall–Kier alpha value is 0.430. The van der Waals surface area contributed by atoms with Crippen molar-refractivity contribution in [2.75, 3.05) is 5.08 Å². The molecule has 1 rings (SSSR count). The molecule has 0 saturated carbocycles. The van der Waals surface area contributed by atoms with Crippen LogP contribution < -0.4 is 0 Å². The highest BCUT2D eigenvalue weighted by atomic mass is 35.7. The third-order valence-corrected chi connectivity index (χ3v) is 8.61. The quantitative estimate of drug-likeness (QED) is 0.360. The van der Waals surface area contributed by atoms with Gasteiger partial charge in [-0.05, 0) is 79.3 Å². The smallest absolute Gasteiger partial charge is 0.215 e. The fourth-order valence-corrected chi connectivity index (χ4v) is 5.71. The Labute approximate surface area is 169 Å². The zero-order valence-electron chi connectivity index (χ0n) is 13.6. The van der Waals surface area contributed by atoms with Gasteiger partial charge in [0, 0.05) is 4.90 Å². The van der Waals surface area contributed by atoms with Crippen molar-refractivity contribution in [3.8, 4) is 6.07 Å². The summed E-state index contributed by atoms with van der Waals surface area (Å²) in [5.41, 5.74) is 1.60. The van der Waals surface area contributed by atoms with Gasteiger partial charge in [0.25, 0.3) is 0 Å². The molecule has 0 fully saturated rings. The second kappa shape index (κ2) is 11.2. The topological polar surface area (TPSA) is 40.9 Å². The van der Waals surface area contributed by atoms with Crippen molar-refractivity contribution in [3.63, 3.8) is 0 Å². The maximum absolute atomic E-state index is 12.7. The van der Waals surface area contributed by atoms with Crippen molar-refractivity contribution in [2.24, 2.45) is 0 Å². The second-order valence-corrected chi connectivity index (χ2v) is 10.4. The first kappa shape index (κ1) is 22.5. The third kappa shape index (κ3) is 5.72. The molecule has 0 N–H and O–H groups in total. The monoisotopic (exact) mass is 443 g/mol. The lowest BCUT2D eigenvalue weighted by atomic mass is 9.89. The molecule has 0 heterocycles. The molecule has 0 spiro atoms. The molecule has 1 aromatic carbocycles. The first-order valence-corrected chi connectivity index (χ1v) is 12.8. The minimum atomic E-state index is -1.39. The number of halogens is 3. The zero-order valence-corrected chi connectivity index (χ0v) is 18.3. The molecule has 8 heteroatoms. The standard InChI is InChI=1S/C16H20Cl3NOS3/c1-3-5-12(6-4-2)14-8-7-13(16(17,10-20)23-19)9-15(14)24(21)11-22-18/h7-9,12H,3-6,11H2,1-2H3. The maximum Gasteiger partial charge on any atom is 0.215 e. The van der Waals surface area contributed by atoms with E-state index in [1.165, 1.54) is 0 Å². The van der Waals surface area contributed by atoms with E-state index in [4.69, 9.17) is 33.0 Å². The van der Waals surface area contributed by atoms with Gasteiger partial charge < -0.3 is 0 Å². The SMILES string of the molecule is CCCC(CCC)c1ccc(C(Cl)(C#N)SCl)cc1S(=O)CSCl. The van der Waals surface area contributed by atoms with Crippen molar-refractivity contribution in [1.29, 1.82) is 5.26 Å².